The van der Waals surface area contributed by atoms with E-state index in [2.05, 4.69) is 5.32 Å². The van der Waals surface area contributed by atoms with Gasteiger partial charge in [-0.3, -0.25) is 4.79 Å². The van der Waals surface area contributed by atoms with Crippen LogP contribution in [-0.2, 0) is 9.53 Å². The molecule has 0 bridgehead atoms. The van der Waals surface area contributed by atoms with E-state index in [-0.39, 0.29) is 18.6 Å². The number of carbonyl (C=O) groups is 2. The number of nitrogens with one attached hydrogen (secondary N) is 1. The summed E-state index contributed by atoms with van der Waals surface area (Å²) >= 11 is 0. The maximum atomic E-state index is 12.7. The molecule has 0 unspecified atom stereocenters. The molecule has 1 heterocycles. The average Bonchev–Trinajstić information content (AvgIpc) is 3.48. The molecule has 38 heavy (non-hydrogen) atoms. The lowest BCUT2D eigenvalue weighted by atomic mass is 10.0. The zero-order chi connectivity index (χ0) is 26.5. The SMILES string of the molecule is COc1ccc(-c2nc3ccc(C(=O)OCC(=O)NC4CCCC4)cc3nc2-c2ccc(OC)cc2)cc1. The van der Waals surface area contributed by atoms with Gasteiger partial charge in [0, 0.05) is 17.2 Å². The van der Waals surface area contributed by atoms with E-state index < -0.39 is 5.97 Å². The zero-order valence-corrected chi connectivity index (χ0v) is 21.4. The van der Waals surface area contributed by atoms with E-state index in [1.165, 1.54) is 0 Å². The highest BCUT2D eigenvalue weighted by Crippen LogP contribution is 2.33. The van der Waals surface area contributed by atoms with E-state index in [0.717, 1.165) is 48.3 Å². The van der Waals surface area contributed by atoms with Crippen LogP contribution in [0.5, 0.6) is 11.5 Å². The molecule has 3 aromatic carbocycles. The van der Waals surface area contributed by atoms with Crippen molar-refractivity contribution >= 4 is 22.9 Å². The number of esters is 1. The molecular formula is C30H29N3O5. The van der Waals surface area contributed by atoms with Gasteiger partial charge in [-0.2, -0.15) is 0 Å². The molecule has 1 amide bonds. The van der Waals surface area contributed by atoms with Crippen molar-refractivity contribution in [3.05, 3.63) is 72.3 Å². The molecule has 8 nitrogen and oxygen atoms in total. The Balaban J connectivity index is 1.45. The van der Waals surface area contributed by atoms with E-state index in [1.54, 1.807) is 32.4 Å². The normalized spacial score (nSPS) is 13.3. The highest BCUT2D eigenvalue weighted by Gasteiger charge is 2.19. The molecule has 1 aliphatic rings. The summed E-state index contributed by atoms with van der Waals surface area (Å²) in [5.41, 5.74) is 4.56. The summed E-state index contributed by atoms with van der Waals surface area (Å²) < 4.78 is 15.9. The Labute approximate surface area is 221 Å². The van der Waals surface area contributed by atoms with Crippen LogP contribution < -0.4 is 14.8 Å². The molecule has 1 saturated carbocycles. The summed E-state index contributed by atoms with van der Waals surface area (Å²) in [6, 6.07) is 20.4. The maximum Gasteiger partial charge on any atom is 0.338 e. The monoisotopic (exact) mass is 511 g/mol. The highest BCUT2D eigenvalue weighted by atomic mass is 16.5. The Morgan fingerprint density at radius 2 is 1.34 bits per heavy atom. The van der Waals surface area contributed by atoms with E-state index in [9.17, 15) is 9.59 Å². The molecule has 0 atom stereocenters. The minimum Gasteiger partial charge on any atom is -0.497 e. The first kappa shape index (κ1) is 25.2. The number of nitrogens with zero attached hydrogens (tertiary/aromatic N) is 2. The fraction of sp³-hybridized carbons (Fsp3) is 0.267. The molecule has 1 fully saturated rings. The van der Waals surface area contributed by atoms with Gasteiger partial charge in [-0.25, -0.2) is 14.8 Å². The summed E-state index contributed by atoms with van der Waals surface area (Å²) in [7, 11) is 3.24. The second-order valence-electron chi connectivity index (χ2n) is 9.21. The van der Waals surface area contributed by atoms with E-state index >= 15 is 0 Å². The number of rotatable bonds is 8. The molecule has 194 valence electrons. The summed E-state index contributed by atoms with van der Waals surface area (Å²) in [4.78, 5) is 34.7. The second kappa shape index (κ2) is 11.3. The first-order valence-electron chi connectivity index (χ1n) is 12.6. The van der Waals surface area contributed by atoms with Gasteiger partial charge < -0.3 is 19.5 Å². The predicted molar refractivity (Wildman–Crippen MR) is 144 cm³/mol. The van der Waals surface area contributed by atoms with Crippen molar-refractivity contribution in [2.45, 2.75) is 31.7 Å². The van der Waals surface area contributed by atoms with Gasteiger partial charge >= 0.3 is 5.97 Å². The molecule has 0 spiro atoms. The molecular weight excluding hydrogens is 482 g/mol. The van der Waals surface area contributed by atoms with Crippen LogP contribution in [0.4, 0.5) is 0 Å². The second-order valence-corrected chi connectivity index (χ2v) is 9.21. The first-order valence-corrected chi connectivity index (χ1v) is 12.6. The quantitative estimate of drug-likeness (QED) is 0.325. The van der Waals surface area contributed by atoms with Crippen LogP contribution in [0.2, 0.25) is 0 Å². The molecule has 4 aromatic rings. The Hall–Kier alpha value is -4.46. The van der Waals surface area contributed by atoms with E-state index in [1.807, 2.05) is 48.5 Å². The Morgan fingerprint density at radius 1 is 0.789 bits per heavy atom. The van der Waals surface area contributed by atoms with Gasteiger partial charge in [0.15, 0.2) is 6.61 Å². The molecule has 0 saturated heterocycles. The van der Waals surface area contributed by atoms with Crippen LogP contribution in [0.1, 0.15) is 36.0 Å². The van der Waals surface area contributed by atoms with Crippen molar-refractivity contribution in [1.29, 1.82) is 0 Å². The van der Waals surface area contributed by atoms with Crippen molar-refractivity contribution in [2.75, 3.05) is 20.8 Å². The fourth-order valence-electron chi connectivity index (χ4n) is 4.64. The lowest BCUT2D eigenvalue weighted by molar-refractivity contribution is -0.124. The number of amides is 1. The highest BCUT2D eigenvalue weighted by molar-refractivity contribution is 5.96. The number of fused-ring (bicyclic) bond motifs is 1. The minimum atomic E-state index is -0.583. The van der Waals surface area contributed by atoms with Gasteiger partial charge in [0.2, 0.25) is 0 Å². The third-order valence-corrected chi connectivity index (χ3v) is 6.68. The molecule has 1 aromatic heterocycles. The minimum absolute atomic E-state index is 0.174. The van der Waals surface area contributed by atoms with Crippen LogP contribution in [0, 0.1) is 0 Å². The number of aromatic nitrogens is 2. The predicted octanol–water partition coefficient (Wildman–Crippen LogP) is 5.20. The molecule has 0 aliphatic heterocycles. The number of methoxy groups -OCH3 is 2. The van der Waals surface area contributed by atoms with Crippen LogP contribution in [0.15, 0.2) is 66.7 Å². The van der Waals surface area contributed by atoms with Crippen LogP contribution in [-0.4, -0.2) is 48.7 Å². The average molecular weight is 512 g/mol. The fourth-order valence-corrected chi connectivity index (χ4v) is 4.64. The van der Waals surface area contributed by atoms with Crippen molar-refractivity contribution in [3.63, 3.8) is 0 Å². The standard InChI is InChI=1S/C30H29N3O5/c1-36-23-12-7-19(8-13-23)28-29(20-9-14-24(37-2)15-10-20)33-26-17-21(11-16-25(26)32-28)30(35)38-18-27(34)31-22-5-3-4-6-22/h7-17,22H,3-6,18H2,1-2H3,(H,31,34). The topological polar surface area (TPSA) is 99.6 Å². The molecule has 1 N–H and O–H groups in total. The van der Waals surface area contributed by atoms with Crippen LogP contribution >= 0.6 is 0 Å². The van der Waals surface area contributed by atoms with Crippen molar-refractivity contribution < 1.29 is 23.8 Å². The summed E-state index contributed by atoms with van der Waals surface area (Å²) in [6.07, 6.45) is 4.17. The number of hydrogen-bond donors (Lipinski definition) is 1. The van der Waals surface area contributed by atoms with Crippen molar-refractivity contribution in [1.82, 2.24) is 15.3 Å². The molecule has 5 rings (SSSR count). The largest absolute Gasteiger partial charge is 0.497 e. The smallest absolute Gasteiger partial charge is 0.338 e. The first-order chi connectivity index (χ1) is 18.5. The number of ether oxygens (including phenoxy) is 3. The van der Waals surface area contributed by atoms with Gasteiger partial charge in [-0.05, 0) is 79.6 Å². The third-order valence-electron chi connectivity index (χ3n) is 6.68. The molecule has 8 heteroatoms. The maximum absolute atomic E-state index is 12.7. The Kier molecular flexibility index (Phi) is 7.49. The van der Waals surface area contributed by atoms with Gasteiger partial charge in [0.25, 0.3) is 5.91 Å². The van der Waals surface area contributed by atoms with Crippen molar-refractivity contribution in [3.8, 4) is 34.0 Å². The number of carbonyl (C=O) groups excluding carboxylic acids is 2. The Bertz CT molecular complexity index is 1450. The van der Waals surface area contributed by atoms with Gasteiger partial charge in [0.05, 0.1) is 42.2 Å². The zero-order valence-electron chi connectivity index (χ0n) is 21.4. The summed E-state index contributed by atoms with van der Waals surface area (Å²) in [5.74, 6) is 0.612. The van der Waals surface area contributed by atoms with Crippen LogP contribution in [0.3, 0.4) is 0 Å². The lowest BCUT2D eigenvalue weighted by Crippen LogP contribution is -2.35. The molecule has 0 radical (unpaired) electrons. The van der Waals surface area contributed by atoms with E-state index in [0.29, 0.717) is 28.0 Å². The lowest BCUT2D eigenvalue weighted by Gasteiger charge is -2.13. The Morgan fingerprint density at radius 3 is 1.89 bits per heavy atom. The third kappa shape index (κ3) is 5.59. The summed E-state index contributed by atoms with van der Waals surface area (Å²) in [5, 5.41) is 2.92. The number of hydrogen-bond acceptors (Lipinski definition) is 7. The van der Waals surface area contributed by atoms with E-state index in [4.69, 9.17) is 24.2 Å². The van der Waals surface area contributed by atoms with Gasteiger partial charge in [0.1, 0.15) is 11.5 Å². The van der Waals surface area contributed by atoms with Gasteiger partial charge in [-0.1, -0.05) is 12.8 Å². The van der Waals surface area contributed by atoms with Crippen LogP contribution in [0.25, 0.3) is 33.5 Å². The number of benzene rings is 3. The summed E-state index contributed by atoms with van der Waals surface area (Å²) in [6.45, 7) is -0.313. The van der Waals surface area contributed by atoms with Crippen molar-refractivity contribution in [2.24, 2.45) is 0 Å². The molecule has 1 aliphatic carbocycles. The van der Waals surface area contributed by atoms with Gasteiger partial charge in [-0.15, -0.1) is 0 Å².